The molecule has 0 bridgehead atoms. The van der Waals surface area contributed by atoms with Crippen molar-refractivity contribution in [2.45, 2.75) is 25.8 Å². The number of nitrogens with one attached hydrogen (secondary N) is 1. The molecular formula is C13H27N3O. The molecule has 0 aromatic carbocycles. The Bertz CT molecular complexity index is 199. The van der Waals surface area contributed by atoms with E-state index in [1.54, 1.807) is 0 Å². The zero-order valence-electron chi connectivity index (χ0n) is 11.2. The van der Waals surface area contributed by atoms with Gasteiger partial charge in [0.2, 0.25) is 0 Å². The summed E-state index contributed by atoms with van der Waals surface area (Å²) in [5, 5.41) is 3.66. The Kier molecular flexibility index (Phi) is 5.71. The summed E-state index contributed by atoms with van der Waals surface area (Å²) in [6, 6.07) is 0.695. The smallest absolute Gasteiger partial charge is 0.0480 e. The molecule has 2 heterocycles. The number of likely N-dealkylation sites (N-methyl/N-ethyl adjacent to an activating group) is 1. The van der Waals surface area contributed by atoms with E-state index in [0.29, 0.717) is 6.04 Å². The van der Waals surface area contributed by atoms with E-state index in [9.17, 15) is 0 Å². The molecule has 2 aliphatic heterocycles. The number of ether oxygens (including phenoxy) is 1. The number of piperazine rings is 1. The highest BCUT2D eigenvalue weighted by atomic mass is 16.5. The highest BCUT2D eigenvalue weighted by Crippen LogP contribution is 2.06. The lowest BCUT2D eigenvalue weighted by atomic mass is 10.1. The van der Waals surface area contributed by atoms with E-state index in [1.807, 2.05) is 0 Å². The summed E-state index contributed by atoms with van der Waals surface area (Å²) in [4.78, 5) is 5.11. The Balaban J connectivity index is 1.53. The summed E-state index contributed by atoms with van der Waals surface area (Å²) in [5.74, 6) is 0. The second kappa shape index (κ2) is 7.31. The standard InChI is InChI=1S/C13H27N3O/c1-2-15-7-9-16(10-8-15)6-5-14-13-3-11-17-12-4-13/h13-14H,2-12H2,1H3. The van der Waals surface area contributed by atoms with E-state index in [-0.39, 0.29) is 0 Å². The lowest BCUT2D eigenvalue weighted by molar-refractivity contribution is 0.0760. The number of rotatable bonds is 5. The topological polar surface area (TPSA) is 27.7 Å². The molecule has 17 heavy (non-hydrogen) atoms. The van der Waals surface area contributed by atoms with E-state index in [4.69, 9.17) is 4.74 Å². The van der Waals surface area contributed by atoms with Crippen LogP contribution in [0.2, 0.25) is 0 Å². The third-order valence-electron chi connectivity index (χ3n) is 3.99. The van der Waals surface area contributed by atoms with Crippen LogP contribution < -0.4 is 5.32 Å². The predicted octanol–water partition coefficient (Wildman–Crippen LogP) is 0.393. The summed E-state index contributed by atoms with van der Waals surface area (Å²) in [5.41, 5.74) is 0. The van der Waals surface area contributed by atoms with Gasteiger partial charge in [-0.2, -0.15) is 0 Å². The molecule has 0 spiro atoms. The van der Waals surface area contributed by atoms with Gasteiger partial charge in [0.1, 0.15) is 0 Å². The molecule has 0 radical (unpaired) electrons. The van der Waals surface area contributed by atoms with Crippen LogP contribution in [0, 0.1) is 0 Å². The van der Waals surface area contributed by atoms with Gasteiger partial charge in [-0.3, -0.25) is 4.90 Å². The summed E-state index contributed by atoms with van der Waals surface area (Å²) in [6.07, 6.45) is 2.37. The van der Waals surface area contributed by atoms with Crippen molar-refractivity contribution in [3.63, 3.8) is 0 Å². The summed E-state index contributed by atoms with van der Waals surface area (Å²) >= 11 is 0. The lowest BCUT2D eigenvalue weighted by Crippen LogP contribution is -2.48. The Morgan fingerprint density at radius 3 is 2.35 bits per heavy atom. The average molecular weight is 241 g/mol. The molecule has 0 unspecified atom stereocenters. The minimum absolute atomic E-state index is 0.695. The van der Waals surface area contributed by atoms with Gasteiger partial charge >= 0.3 is 0 Å². The van der Waals surface area contributed by atoms with Crippen molar-refractivity contribution < 1.29 is 4.74 Å². The summed E-state index contributed by atoms with van der Waals surface area (Å²) in [6.45, 7) is 12.6. The first-order valence-electron chi connectivity index (χ1n) is 7.14. The van der Waals surface area contributed by atoms with Gasteiger partial charge in [0.15, 0.2) is 0 Å². The van der Waals surface area contributed by atoms with Crippen molar-refractivity contribution in [2.24, 2.45) is 0 Å². The van der Waals surface area contributed by atoms with Crippen molar-refractivity contribution in [2.75, 3.05) is 59.0 Å². The molecule has 0 atom stereocenters. The second-order valence-electron chi connectivity index (χ2n) is 5.12. The number of hydrogen-bond acceptors (Lipinski definition) is 4. The van der Waals surface area contributed by atoms with Gasteiger partial charge in [-0.05, 0) is 19.4 Å². The van der Waals surface area contributed by atoms with Crippen molar-refractivity contribution in [1.82, 2.24) is 15.1 Å². The quantitative estimate of drug-likeness (QED) is 0.754. The highest BCUT2D eigenvalue weighted by molar-refractivity contribution is 4.74. The number of nitrogens with zero attached hydrogens (tertiary/aromatic N) is 2. The third-order valence-corrected chi connectivity index (χ3v) is 3.99. The Morgan fingerprint density at radius 2 is 1.71 bits per heavy atom. The molecule has 0 aliphatic carbocycles. The second-order valence-corrected chi connectivity index (χ2v) is 5.12. The molecule has 2 fully saturated rings. The molecular weight excluding hydrogens is 214 g/mol. The van der Waals surface area contributed by atoms with Gasteiger partial charge in [0, 0.05) is 58.5 Å². The van der Waals surface area contributed by atoms with Gasteiger partial charge in [0.05, 0.1) is 0 Å². The molecule has 4 heteroatoms. The first kappa shape index (κ1) is 13.3. The predicted molar refractivity (Wildman–Crippen MR) is 70.4 cm³/mol. The van der Waals surface area contributed by atoms with Crippen LogP contribution >= 0.6 is 0 Å². The van der Waals surface area contributed by atoms with Crippen LogP contribution in [0.25, 0.3) is 0 Å². The zero-order valence-corrected chi connectivity index (χ0v) is 11.2. The Labute approximate surface area is 105 Å². The molecule has 0 amide bonds. The lowest BCUT2D eigenvalue weighted by Gasteiger charge is -2.34. The third kappa shape index (κ3) is 4.54. The highest BCUT2D eigenvalue weighted by Gasteiger charge is 2.16. The molecule has 2 aliphatic rings. The largest absolute Gasteiger partial charge is 0.381 e. The van der Waals surface area contributed by atoms with Crippen molar-refractivity contribution in [3.05, 3.63) is 0 Å². The minimum Gasteiger partial charge on any atom is -0.381 e. The monoisotopic (exact) mass is 241 g/mol. The number of hydrogen-bond donors (Lipinski definition) is 1. The maximum atomic E-state index is 5.36. The molecule has 0 aromatic rings. The minimum atomic E-state index is 0.695. The van der Waals surface area contributed by atoms with E-state index in [1.165, 1.54) is 52.1 Å². The Hall–Kier alpha value is -0.160. The van der Waals surface area contributed by atoms with E-state index < -0.39 is 0 Å². The van der Waals surface area contributed by atoms with Crippen LogP contribution in [0.3, 0.4) is 0 Å². The molecule has 1 N–H and O–H groups in total. The van der Waals surface area contributed by atoms with Gasteiger partial charge in [-0.15, -0.1) is 0 Å². The fourth-order valence-electron chi connectivity index (χ4n) is 2.66. The molecule has 100 valence electrons. The SMILES string of the molecule is CCN1CCN(CCNC2CCOCC2)CC1. The van der Waals surface area contributed by atoms with Gasteiger partial charge in [-0.25, -0.2) is 0 Å². The van der Waals surface area contributed by atoms with E-state index >= 15 is 0 Å². The van der Waals surface area contributed by atoms with Gasteiger partial charge in [0.25, 0.3) is 0 Å². The van der Waals surface area contributed by atoms with Crippen LogP contribution in [-0.4, -0.2) is 74.9 Å². The van der Waals surface area contributed by atoms with Crippen LogP contribution in [0.5, 0.6) is 0 Å². The van der Waals surface area contributed by atoms with Crippen LogP contribution in [-0.2, 0) is 4.74 Å². The van der Waals surface area contributed by atoms with E-state index in [0.717, 1.165) is 19.8 Å². The molecule has 4 nitrogen and oxygen atoms in total. The van der Waals surface area contributed by atoms with E-state index in [2.05, 4.69) is 22.0 Å². The van der Waals surface area contributed by atoms with Crippen LogP contribution in [0.1, 0.15) is 19.8 Å². The van der Waals surface area contributed by atoms with Crippen molar-refractivity contribution >= 4 is 0 Å². The Morgan fingerprint density at radius 1 is 1.06 bits per heavy atom. The summed E-state index contributed by atoms with van der Waals surface area (Å²) in [7, 11) is 0. The normalized spacial score (nSPS) is 25.2. The average Bonchev–Trinajstić information content (AvgIpc) is 2.41. The maximum absolute atomic E-state index is 5.36. The van der Waals surface area contributed by atoms with Gasteiger partial charge in [-0.1, -0.05) is 6.92 Å². The maximum Gasteiger partial charge on any atom is 0.0480 e. The zero-order chi connectivity index (χ0) is 11.9. The first-order chi connectivity index (χ1) is 8.38. The van der Waals surface area contributed by atoms with Crippen molar-refractivity contribution in [3.8, 4) is 0 Å². The molecule has 2 saturated heterocycles. The van der Waals surface area contributed by atoms with Crippen LogP contribution in [0.15, 0.2) is 0 Å². The van der Waals surface area contributed by atoms with Crippen LogP contribution in [0.4, 0.5) is 0 Å². The molecule has 2 rings (SSSR count). The molecule has 0 saturated carbocycles. The van der Waals surface area contributed by atoms with Crippen molar-refractivity contribution in [1.29, 1.82) is 0 Å². The van der Waals surface area contributed by atoms with Gasteiger partial charge < -0.3 is 15.0 Å². The first-order valence-corrected chi connectivity index (χ1v) is 7.14. The fraction of sp³-hybridized carbons (Fsp3) is 1.00. The summed E-state index contributed by atoms with van der Waals surface area (Å²) < 4.78 is 5.36. The fourth-order valence-corrected chi connectivity index (χ4v) is 2.66. The molecule has 0 aromatic heterocycles.